The fourth-order valence-electron chi connectivity index (χ4n) is 2.68. The number of hydrogen-bond acceptors (Lipinski definition) is 6. The van der Waals surface area contributed by atoms with Crippen LogP contribution in [0.1, 0.15) is 45.0 Å². The lowest BCUT2D eigenvalue weighted by Crippen LogP contribution is -2.17. The Morgan fingerprint density at radius 2 is 2.07 bits per heavy atom. The van der Waals surface area contributed by atoms with Crippen LogP contribution in [0.2, 0.25) is 0 Å². The number of aromatic nitrogens is 4. The van der Waals surface area contributed by atoms with Gasteiger partial charge in [-0.15, -0.1) is 0 Å². The highest BCUT2D eigenvalue weighted by molar-refractivity contribution is 6.05. The molecule has 9 heteroatoms. The summed E-state index contributed by atoms with van der Waals surface area (Å²) in [5, 5.41) is 11.0. The van der Waals surface area contributed by atoms with Gasteiger partial charge in [0.2, 0.25) is 0 Å². The van der Waals surface area contributed by atoms with Crippen molar-refractivity contribution in [3.8, 4) is 0 Å². The molecule has 3 aromatic heterocycles. The van der Waals surface area contributed by atoms with E-state index >= 15 is 0 Å². The molecule has 3 heterocycles. The minimum Gasteiger partial charge on any atom is -0.462 e. The Bertz CT molecular complexity index is 982. The fourth-order valence-corrected chi connectivity index (χ4v) is 2.68. The number of nitrogens with zero attached hydrogens (tertiary/aromatic N) is 4. The van der Waals surface area contributed by atoms with Crippen molar-refractivity contribution in [1.29, 1.82) is 0 Å². The van der Waals surface area contributed by atoms with Gasteiger partial charge in [0.15, 0.2) is 5.76 Å². The molecule has 9 nitrogen and oxygen atoms in total. The smallest absolute Gasteiger partial charge is 0.343 e. The third-order valence-corrected chi connectivity index (χ3v) is 3.96. The third-order valence-electron chi connectivity index (χ3n) is 3.96. The summed E-state index contributed by atoms with van der Waals surface area (Å²) in [5.74, 6) is -0.0613. The number of furan rings is 1. The van der Waals surface area contributed by atoms with Crippen molar-refractivity contribution in [1.82, 2.24) is 19.6 Å². The number of nitrogens with one attached hydrogen (secondary N) is 1. The Morgan fingerprint density at radius 3 is 2.74 bits per heavy atom. The van der Waals surface area contributed by atoms with Gasteiger partial charge in [0.25, 0.3) is 5.91 Å². The van der Waals surface area contributed by atoms with Crippen molar-refractivity contribution in [3.05, 3.63) is 52.9 Å². The molecule has 0 radical (unpaired) electrons. The highest BCUT2D eigenvalue weighted by atomic mass is 16.5. The molecule has 0 aromatic carbocycles. The molecule has 0 atom stereocenters. The van der Waals surface area contributed by atoms with Gasteiger partial charge in [-0.3, -0.25) is 14.2 Å². The Labute approximate surface area is 155 Å². The maximum Gasteiger partial charge on any atom is 0.343 e. The number of carbonyl (C=O) groups is 2. The number of esters is 1. The maximum atomic E-state index is 12.5. The number of ether oxygens (including phenoxy) is 1. The van der Waals surface area contributed by atoms with Crippen LogP contribution in [0, 0.1) is 13.8 Å². The van der Waals surface area contributed by atoms with Crippen LogP contribution in [0.5, 0.6) is 0 Å². The predicted molar refractivity (Wildman–Crippen MR) is 96.6 cm³/mol. The monoisotopic (exact) mass is 371 g/mol. The number of rotatable bonds is 6. The van der Waals surface area contributed by atoms with E-state index in [1.165, 1.54) is 10.9 Å². The highest BCUT2D eigenvalue weighted by Gasteiger charge is 2.21. The summed E-state index contributed by atoms with van der Waals surface area (Å²) in [6, 6.07) is 5.27. The van der Waals surface area contributed by atoms with E-state index in [0.29, 0.717) is 12.3 Å². The van der Waals surface area contributed by atoms with Crippen molar-refractivity contribution in [2.24, 2.45) is 7.05 Å². The van der Waals surface area contributed by atoms with Crippen molar-refractivity contribution in [3.63, 3.8) is 0 Å². The summed E-state index contributed by atoms with van der Waals surface area (Å²) in [4.78, 5) is 24.5. The summed E-state index contributed by atoms with van der Waals surface area (Å²) in [6.07, 6.45) is 1.35. The molecule has 0 aliphatic heterocycles. The lowest BCUT2D eigenvalue weighted by molar-refractivity contribution is 0.0527. The largest absolute Gasteiger partial charge is 0.462 e. The molecule has 0 saturated carbocycles. The quantitative estimate of drug-likeness (QED) is 0.667. The van der Waals surface area contributed by atoms with Crippen molar-refractivity contribution in [2.45, 2.75) is 27.3 Å². The molecule has 3 rings (SSSR count). The minimum absolute atomic E-state index is 0.127. The highest BCUT2D eigenvalue weighted by Crippen LogP contribution is 2.18. The summed E-state index contributed by atoms with van der Waals surface area (Å²) >= 11 is 0. The van der Waals surface area contributed by atoms with Gasteiger partial charge in [-0.25, -0.2) is 4.79 Å². The topological polar surface area (TPSA) is 104 Å². The van der Waals surface area contributed by atoms with Gasteiger partial charge in [0.1, 0.15) is 17.1 Å². The van der Waals surface area contributed by atoms with Gasteiger partial charge in [0, 0.05) is 12.7 Å². The molecule has 0 unspecified atom stereocenters. The van der Waals surface area contributed by atoms with E-state index in [9.17, 15) is 9.59 Å². The zero-order valence-electron chi connectivity index (χ0n) is 15.6. The van der Waals surface area contributed by atoms with E-state index in [2.05, 4.69) is 15.5 Å². The second-order valence-corrected chi connectivity index (χ2v) is 6.06. The number of anilines is 1. The normalized spacial score (nSPS) is 10.8. The van der Waals surface area contributed by atoms with E-state index in [-0.39, 0.29) is 23.7 Å². The van der Waals surface area contributed by atoms with E-state index in [0.717, 1.165) is 11.4 Å². The summed E-state index contributed by atoms with van der Waals surface area (Å²) < 4.78 is 13.8. The average Bonchev–Trinajstić information content (AvgIpc) is 3.29. The van der Waals surface area contributed by atoms with Gasteiger partial charge < -0.3 is 14.5 Å². The molecule has 0 aliphatic rings. The molecule has 0 aliphatic carbocycles. The SMILES string of the molecule is CCOC(=O)c1cnn(C)c1NC(=O)c1ccc(Cn2nc(C)cc2C)o1. The van der Waals surface area contributed by atoms with Crippen LogP contribution < -0.4 is 5.32 Å². The molecule has 3 aromatic rings. The lowest BCUT2D eigenvalue weighted by Gasteiger charge is -2.07. The van der Waals surface area contributed by atoms with Crippen LogP contribution in [0.15, 0.2) is 28.8 Å². The zero-order chi connectivity index (χ0) is 19.6. The molecule has 142 valence electrons. The molecular formula is C18H21N5O4. The molecular weight excluding hydrogens is 350 g/mol. The Morgan fingerprint density at radius 1 is 1.30 bits per heavy atom. The Kier molecular flexibility index (Phi) is 5.11. The predicted octanol–water partition coefficient (Wildman–Crippen LogP) is 2.30. The zero-order valence-corrected chi connectivity index (χ0v) is 15.6. The Hall–Kier alpha value is -3.36. The van der Waals surface area contributed by atoms with Crippen LogP contribution in [0.25, 0.3) is 0 Å². The Balaban J connectivity index is 1.74. The molecule has 27 heavy (non-hydrogen) atoms. The second-order valence-electron chi connectivity index (χ2n) is 6.06. The molecule has 1 amide bonds. The number of aryl methyl sites for hydroxylation is 3. The second kappa shape index (κ2) is 7.48. The first kappa shape index (κ1) is 18.4. The molecule has 0 saturated heterocycles. The molecule has 0 bridgehead atoms. The van der Waals surface area contributed by atoms with E-state index < -0.39 is 11.9 Å². The van der Waals surface area contributed by atoms with E-state index in [1.54, 1.807) is 30.8 Å². The van der Waals surface area contributed by atoms with Crippen LogP contribution in [-0.2, 0) is 18.3 Å². The summed E-state index contributed by atoms with van der Waals surface area (Å²) in [7, 11) is 1.62. The van der Waals surface area contributed by atoms with Crippen LogP contribution in [-0.4, -0.2) is 38.0 Å². The summed E-state index contributed by atoms with van der Waals surface area (Å²) in [6.45, 7) is 6.23. The average molecular weight is 371 g/mol. The standard InChI is InChI=1S/C18H21N5O4/c1-5-26-18(25)14-9-19-22(4)16(14)20-17(24)15-7-6-13(27-15)10-23-12(3)8-11(2)21-23/h6-9H,5,10H2,1-4H3,(H,20,24). The lowest BCUT2D eigenvalue weighted by atomic mass is 10.3. The maximum absolute atomic E-state index is 12.5. The minimum atomic E-state index is -0.550. The molecule has 1 N–H and O–H groups in total. The number of amides is 1. The van der Waals surface area contributed by atoms with Gasteiger partial charge in [0.05, 0.1) is 25.0 Å². The first-order valence-electron chi connectivity index (χ1n) is 8.49. The van der Waals surface area contributed by atoms with Crippen molar-refractivity contribution in [2.75, 3.05) is 11.9 Å². The summed E-state index contributed by atoms with van der Waals surface area (Å²) in [5.41, 5.74) is 2.10. The number of carbonyl (C=O) groups excluding carboxylic acids is 2. The third kappa shape index (κ3) is 3.91. The van der Waals surface area contributed by atoms with Gasteiger partial charge in [-0.2, -0.15) is 10.2 Å². The van der Waals surface area contributed by atoms with Gasteiger partial charge in [-0.1, -0.05) is 0 Å². The van der Waals surface area contributed by atoms with Crippen LogP contribution in [0.4, 0.5) is 5.82 Å². The first-order valence-corrected chi connectivity index (χ1v) is 8.49. The van der Waals surface area contributed by atoms with Gasteiger partial charge >= 0.3 is 5.97 Å². The fraction of sp³-hybridized carbons (Fsp3) is 0.333. The van der Waals surface area contributed by atoms with Crippen LogP contribution in [0.3, 0.4) is 0 Å². The number of hydrogen-bond donors (Lipinski definition) is 1. The van der Waals surface area contributed by atoms with Crippen molar-refractivity contribution >= 4 is 17.7 Å². The van der Waals surface area contributed by atoms with Gasteiger partial charge in [-0.05, 0) is 39.0 Å². The molecule has 0 fully saturated rings. The molecule has 0 spiro atoms. The van der Waals surface area contributed by atoms with Crippen LogP contribution >= 0.6 is 0 Å². The van der Waals surface area contributed by atoms with E-state index in [1.807, 2.05) is 19.9 Å². The van der Waals surface area contributed by atoms with Crippen molar-refractivity contribution < 1.29 is 18.7 Å². The first-order chi connectivity index (χ1) is 12.9. The van der Waals surface area contributed by atoms with E-state index in [4.69, 9.17) is 9.15 Å².